The zero-order chi connectivity index (χ0) is 30.6. The Morgan fingerprint density at radius 3 is 2.16 bits per heavy atom. The number of rotatable bonds is 6. The summed E-state index contributed by atoms with van der Waals surface area (Å²) in [6.45, 7) is 5.65. The average Bonchev–Trinajstić information content (AvgIpc) is 3.05. The molecule has 3 aliphatic rings. The van der Waals surface area contributed by atoms with Crippen LogP contribution < -0.4 is 4.90 Å². The van der Waals surface area contributed by atoms with E-state index in [-0.39, 0.29) is 21.6 Å². The van der Waals surface area contributed by atoms with Crippen molar-refractivity contribution in [1.82, 2.24) is 14.8 Å². The summed E-state index contributed by atoms with van der Waals surface area (Å²) in [7, 11) is -2.86. The minimum Gasteiger partial charge on any atom is -0.508 e. The summed E-state index contributed by atoms with van der Waals surface area (Å²) in [6.07, 6.45) is 9.63. The molecule has 11 heteroatoms. The number of benzene rings is 2. The SMILES string of the molecule is CO.CSc1ccc2ncc(S(=O)(=O)c3ccc(O)cc3)c(N3CCC(N4CCC(N5CCCC(O)C5)CC4)CC3)c2c1. The highest BCUT2D eigenvalue weighted by Crippen LogP contribution is 2.39. The monoisotopic (exact) mass is 628 g/mol. The van der Waals surface area contributed by atoms with Crippen LogP contribution in [0, 0.1) is 0 Å². The van der Waals surface area contributed by atoms with Crippen molar-refractivity contribution in [3.05, 3.63) is 48.7 Å². The minimum atomic E-state index is -3.86. The van der Waals surface area contributed by atoms with E-state index in [2.05, 4.69) is 25.8 Å². The third kappa shape index (κ3) is 6.97. The molecule has 43 heavy (non-hydrogen) atoms. The summed E-state index contributed by atoms with van der Waals surface area (Å²) >= 11 is 1.63. The summed E-state index contributed by atoms with van der Waals surface area (Å²) in [6, 6.07) is 12.9. The number of hydrogen-bond acceptors (Lipinski definition) is 10. The van der Waals surface area contributed by atoms with Crippen LogP contribution in [0.15, 0.2) is 63.3 Å². The lowest BCUT2D eigenvalue weighted by Crippen LogP contribution is -2.53. The van der Waals surface area contributed by atoms with Crippen LogP contribution in [0.1, 0.15) is 38.5 Å². The van der Waals surface area contributed by atoms with E-state index >= 15 is 0 Å². The van der Waals surface area contributed by atoms with Gasteiger partial charge in [0, 0.05) is 55.3 Å². The predicted octanol–water partition coefficient (Wildman–Crippen LogP) is 3.99. The van der Waals surface area contributed by atoms with Crippen LogP contribution in [-0.2, 0) is 9.84 Å². The summed E-state index contributed by atoms with van der Waals surface area (Å²) in [5.74, 6) is 0.0325. The Kier molecular flexibility index (Phi) is 10.5. The lowest BCUT2D eigenvalue weighted by Gasteiger charge is -2.45. The number of thioether (sulfide) groups is 1. The molecule has 3 aromatic rings. The molecule has 0 aliphatic carbocycles. The van der Waals surface area contributed by atoms with Gasteiger partial charge in [-0.25, -0.2) is 8.42 Å². The number of nitrogens with zero attached hydrogens (tertiary/aromatic N) is 4. The molecule has 2 aromatic carbocycles. The molecule has 0 radical (unpaired) electrons. The fourth-order valence-electron chi connectivity index (χ4n) is 6.93. The van der Waals surface area contributed by atoms with Gasteiger partial charge in [-0.1, -0.05) is 0 Å². The molecular weight excluding hydrogens is 585 g/mol. The van der Waals surface area contributed by atoms with Crippen LogP contribution in [0.5, 0.6) is 5.75 Å². The number of anilines is 1. The molecule has 1 atom stereocenters. The van der Waals surface area contributed by atoms with Gasteiger partial charge in [-0.3, -0.25) is 9.88 Å². The number of phenols is 1. The highest BCUT2D eigenvalue weighted by Gasteiger charge is 2.34. The number of sulfone groups is 1. The molecule has 3 N–H and O–H groups in total. The number of aromatic hydroxyl groups is 1. The molecule has 4 heterocycles. The van der Waals surface area contributed by atoms with E-state index in [0.717, 1.165) is 106 Å². The van der Waals surface area contributed by atoms with E-state index in [0.29, 0.717) is 12.1 Å². The number of likely N-dealkylation sites (tertiary alicyclic amines) is 2. The third-order valence-electron chi connectivity index (χ3n) is 9.19. The van der Waals surface area contributed by atoms with Crippen LogP contribution in [0.3, 0.4) is 0 Å². The van der Waals surface area contributed by atoms with E-state index in [9.17, 15) is 18.6 Å². The Balaban J connectivity index is 0.00000180. The number of aromatic nitrogens is 1. The maximum atomic E-state index is 13.9. The lowest BCUT2D eigenvalue weighted by atomic mass is 9.95. The molecule has 3 fully saturated rings. The second-order valence-electron chi connectivity index (χ2n) is 11.6. The van der Waals surface area contributed by atoms with Crippen molar-refractivity contribution >= 4 is 38.2 Å². The van der Waals surface area contributed by atoms with Crippen LogP contribution in [0.25, 0.3) is 10.9 Å². The third-order valence-corrected chi connectivity index (χ3v) is 11.7. The van der Waals surface area contributed by atoms with Gasteiger partial charge in [0.05, 0.1) is 22.2 Å². The number of piperidine rings is 3. The first-order chi connectivity index (χ1) is 20.8. The van der Waals surface area contributed by atoms with Crippen molar-refractivity contribution < 1.29 is 23.7 Å². The second-order valence-corrected chi connectivity index (χ2v) is 14.4. The maximum absolute atomic E-state index is 13.9. The van der Waals surface area contributed by atoms with Gasteiger partial charge in [0.1, 0.15) is 10.6 Å². The predicted molar refractivity (Wildman–Crippen MR) is 172 cm³/mol. The standard InChI is InChI=1S/C31H40N4O4S2.CH4O/c1-40-26-6-9-29-28(19-26)31(30(20-32-29)41(38,39)27-7-4-24(36)5-8-27)34-17-12-22(13-18-34)33-15-10-23(11-16-33)35-14-2-3-25(37)21-35;1-2/h4-9,19-20,22-23,25,36-37H,2-3,10-18,21H2,1H3;2H,1H3. The maximum Gasteiger partial charge on any atom is 0.210 e. The van der Waals surface area contributed by atoms with E-state index < -0.39 is 9.84 Å². The zero-order valence-electron chi connectivity index (χ0n) is 25.1. The van der Waals surface area contributed by atoms with Crippen LogP contribution in [0.2, 0.25) is 0 Å². The van der Waals surface area contributed by atoms with E-state index in [1.54, 1.807) is 11.8 Å². The average molecular weight is 629 g/mol. The molecule has 0 saturated carbocycles. The van der Waals surface area contributed by atoms with Gasteiger partial charge < -0.3 is 25.1 Å². The number of fused-ring (bicyclic) bond motifs is 1. The number of β-amino-alcohol motifs (C(OH)–C–C–N with tert-alkyl or cyclic N) is 1. The normalized spacial score (nSPS) is 21.5. The Morgan fingerprint density at radius 1 is 0.860 bits per heavy atom. The van der Waals surface area contributed by atoms with Gasteiger partial charge in [-0.2, -0.15) is 0 Å². The van der Waals surface area contributed by atoms with E-state index in [4.69, 9.17) is 5.11 Å². The quantitative estimate of drug-likeness (QED) is 0.346. The lowest BCUT2D eigenvalue weighted by molar-refractivity contribution is 0.0170. The summed E-state index contributed by atoms with van der Waals surface area (Å²) in [4.78, 5) is 13.4. The molecule has 0 spiro atoms. The molecule has 9 nitrogen and oxygen atoms in total. The van der Waals surface area contributed by atoms with Crippen LogP contribution >= 0.6 is 11.8 Å². The largest absolute Gasteiger partial charge is 0.508 e. The van der Waals surface area contributed by atoms with Crippen molar-refractivity contribution in [1.29, 1.82) is 0 Å². The van der Waals surface area contributed by atoms with Gasteiger partial charge >= 0.3 is 0 Å². The minimum absolute atomic E-state index is 0.0325. The molecule has 1 unspecified atom stereocenters. The molecule has 6 rings (SSSR count). The number of aliphatic hydroxyl groups excluding tert-OH is 2. The summed E-state index contributed by atoms with van der Waals surface area (Å²) in [5, 5.41) is 27.7. The van der Waals surface area contributed by atoms with E-state index in [1.165, 1.54) is 30.5 Å². The fraction of sp³-hybridized carbons (Fsp3) is 0.531. The molecule has 0 bridgehead atoms. The van der Waals surface area contributed by atoms with Gasteiger partial charge in [0.15, 0.2) is 0 Å². The first kappa shape index (κ1) is 32.0. The molecular formula is C32H44N4O5S2. The highest BCUT2D eigenvalue weighted by molar-refractivity contribution is 7.98. The van der Waals surface area contributed by atoms with Crippen molar-refractivity contribution in [3.8, 4) is 5.75 Å². The van der Waals surface area contributed by atoms with Gasteiger partial charge in [0.2, 0.25) is 9.84 Å². The fourth-order valence-corrected chi connectivity index (χ4v) is 8.80. The summed E-state index contributed by atoms with van der Waals surface area (Å²) in [5.41, 5.74) is 1.52. The molecule has 1 aromatic heterocycles. The highest BCUT2D eigenvalue weighted by atomic mass is 32.2. The van der Waals surface area contributed by atoms with Gasteiger partial charge in [-0.05, 0) is 107 Å². The van der Waals surface area contributed by atoms with Gasteiger partial charge in [-0.15, -0.1) is 11.8 Å². The first-order valence-electron chi connectivity index (χ1n) is 15.2. The Labute approximate surface area is 259 Å². The summed E-state index contributed by atoms with van der Waals surface area (Å²) < 4.78 is 27.8. The Bertz CT molecular complexity index is 1470. The number of aliphatic hydroxyl groups is 2. The Morgan fingerprint density at radius 2 is 1.51 bits per heavy atom. The number of phenolic OH excluding ortho intramolecular Hbond substituents is 1. The zero-order valence-corrected chi connectivity index (χ0v) is 26.7. The first-order valence-corrected chi connectivity index (χ1v) is 17.9. The molecule has 3 aliphatic heterocycles. The van der Waals surface area contributed by atoms with Crippen molar-refractivity contribution in [3.63, 3.8) is 0 Å². The molecule has 234 valence electrons. The van der Waals surface area contributed by atoms with Crippen LogP contribution in [0.4, 0.5) is 5.69 Å². The molecule has 3 saturated heterocycles. The number of pyridine rings is 1. The van der Waals surface area contributed by atoms with Crippen molar-refractivity contribution in [2.24, 2.45) is 0 Å². The van der Waals surface area contributed by atoms with Crippen molar-refractivity contribution in [2.75, 3.05) is 57.5 Å². The smallest absolute Gasteiger partial charge is 0.210 e. The Hall–Kier alpha value is -2.41. The van der Waals surface area contributed by atoms with Gasteiger partial charge in [0.25, 0.3) is 0 Å². The van der Waals surface area contributed by atoms with Crippen LogP contribution in [-0.4, -0.2) is 109 Å². The van der Waals surface area contributed by atoms with E-state index in [1.807, 2.05) is 18.4 Å². The molecule has 0 amide bonds. The number of hydrogen-bond donors (Lipinski definition) is 3. The second kappa shape index (κ2) is 14.1. The topological polar surface area (TPSA) is 117 Å². The van der Waals surface area contributed by atoms with Crippen molar-refractivity contribution in [2.45, 2.75) is 71.4 Å².